The van der Waals surface area contributed by atoms with Crippen LogP contribution in [0, 0.1) is 5.82 Å². The second kappa shape index (κ2) is 2.75. The second-order valence-corrected chi connectivity index (χ2v) is 2.23. The number of halogens is 1. The Morgan fingerprint density at radius 2 is 2.18 bits per heavy atom. The van der Waals surface area contributed by atoms with Crippen LogP contribution >= 0.6 is 0 Å². The monoisotopic (exact) mass is 156 g/mol. The summed E-state index contributed by atoms with van der Waals surface area (Å²) in [5.74, 6) is -0.525. The molecule has 60 valence electrons. The van der Waals surface area contributed by atoms with Crippen molar-refractivity contribution in [3.63, 3.8) is 0 Å². The molecule has 11 heavy (non-hydrogen) atoms. The van der Waals surface area contributed by atoms with Gasteiger partial charge in [-0.2, -0.15) is 0 Å². The summed E-state index contributed by atoms with van der Waals surface area (Å²) in [5.41, 5.74) is 5.66. The molecule has 4 heteroatoms. The van der Waals surface area contributed by atoms with E-state index in [-0.39, 0.29) is 5.69 Å². The molecule has 0 aliphatic rings. The standard InChI is InChI=1S/C7H9FN2O/c1-10(11)5-2-3-7(9)6(8)4-5/h2-4,11H,9H2,1H3. The van der Waals surface area contributed by atoms with Crippen molar-refractivity contribution in [2.24, 2.45) is 0 Å². The van der Waals surface area contributed by atoms with Gasteiger partial charge in [0.2, 0.25) is 0 Å². The van der Waals surface area contributed by atoms with Crippen molar-refractivity contribution in [3.8, 4) is 0 Å². The first-order valence-electron chi connectivity index (χ1n) is 3.09. The molecule has 0 saturated heterocycles. The minimum absolute atomic E-state index is 0.0793. The Bertz CT molecular complexity index is 263. The highest BCUT2D eigenvalue weighted by atomic mass is 19.1. The second-order valence-electron chi connectivity index (χ2n) is 2.23. The maximum atomic E-state index is 12.7. The van der Waals surface area contributed by atoms with Crippen LogP contribution in [0.3, 0.4) is 0 Å². The lowest BCUT2D eigenvalue weighted by molar-refractivity contribution is 0.279. The van der Waals surface area contributed by atoms with Gasteiger partial charge in [0.25, 0.3) is 0 Å². The largest absolute Gasteiger partial charge is 0.396 e. The van der Waals surface area contributed by atoms with E-state index in [2.05, 4.69) is 0 Å². The van der Waals surface area contributed by atoms with Gasteiger partial charge in [0.05, 0.1) is 11.4 Å². The number of nitrogen functional groups attached to an aromatic ring is 1. The Morgan fingerprint density at radius 1 is 1.55 bits per heavy atom. The van der Waals surface area contributed by atoms with Gasteiger partial charge in [0, 0.05) is 13.1 Å². The molecule has 3 N–H and O–H groups in total. The number of nitrogens with zero attached hydrogens (tertiary/aromatic N) is 1. The normalized spacial score (nSPS) is 9.73. The molecule has 1 aromatic rings. The molecule has 0 fully saturated rings. The smallest absolute Gasteiger partial charge is 0.148 e. The van der Waals surface area contributed by atoms with E-state index in [0.29, 0.717) is 5.69 Å². The molecule has 0 unspecified atom stereocenters. The van der Waals surface area contributed by atoms with E-state index in [4.69, 9.17) is 10.9 Å². The fourth-order valence-corrected chi connectivity index (χ4v) is 0.717. The average Bonchev–Trinajstić information content (AvgIpc) is 1.94. The van der Waals surface area contributed by atoms with Crippen molar-refractivity contribution in [3.05, 3.63) is 24.0 Å². The molecule has 1 rings (SSSR count). The van der Waals surface area contributed by atoms with E-state index in [1.54, 1.807) is 0 Å². The summed E-state index contributed by atoms with van der Waals surface area (Å²) in [6, 6.07) is 4.09. The maximum absolute atomic E-state index is 12.7. The summed E-state index contributed by atoms with van der Waals surface area (Å²) in [4.78, 5) is 0. The summed E-state index contributed by atoms with van der Waals surface area (Å²) in [6.45, 7) is 0. The van der Waals surface area contributed by atoms with E-state index in [9.17, 15) is 4.39 Å². The fourth-order valence-electron chi connectivity index (χ4n) is 0.717. The van der Waals surface area contributed by atoms with Gasteiger partial charge in [0.1, 0.15) is 5.82 Å². The van der Waals surface area contributed by atoms with Gasteiger partial charge in [-0.25, -0.2) is 4.39 Å². The number of rotatable bonds is 1. The third kappa shape index (κ3) is 1.59. The van der Waals surface area contributed by atoms with Gasteiger partial charge in [-0.05, 0) is 12.1 Å². The van der Waals surface area contributed by atoms with Crippen LogP contribution in [0.5, 0.6) is 0 Å². The molecular formula is C7H9FN2O. The lowest BCUT2D eigenvalue weighted by Gasteiger charge is -2.09. The van der Waals surface area contributed by atoms with Crippen molar-refractivity contribution < 1.29 is 9.60 Å². The summed E-state index contributed by atoms with van der Waals surface area (Å²) in [7, 11) is 1.41. The quantitative estimate of drug-likeness (QED) is 0.475. The van der Waals surface area contributed by atoms with Gasteiger partial charge >= 0.3 is 0 Å². The zero-order chi connectivity index (χ0) is 8.43. The topological polar surface area (TPSA) is 49.5 Å². The molecule has 0 spiro atoms. The molecule has 0 aromatic heterocycles. The third-order valence-electron chi connectivity index (χ3n) is 1.36. The van der Waals surface area contributed by atoms with Gasteiger partial charge in [-0.15, -0.1) is 0 Å². The Morgan fingerprint density at radius 3 is 2.64 bits per heavy atom. The van der Waals surface area contributed by atoms with Crippen LogP contribution < -0.4 is 10.8 Å². The SMILES string of the molecule is CN(O)c1ccc(N)c(F)c1. The van der Waals surface area contributed by atoms with Crippen LogP contribution in [0.4, 0.5) is 15.8 Å². The zero-order valence-electron chi connectivity index (χ0n) is 6.08. The number of hydrogen-bond acceptors (Lipinski definition) is 3. The summed E-state index contributed by atoms with van der Waals surface area (Å²) < 4.78 is 12.7. The molecule has 0 amide bonds. The van der Waals surface area contributed by atoms with E-state index in [1.807, 2.05) is 0 Å². The molecule has 0 aliphatic heterocycles. The zero-order valence-corrected chi connectivity index (χ0v) is 6.08. The van der Waals surface area contributed by atoms with Crippen LogP contribution in [-0.4, -0.2) is 12.3 Å². The predicted molar refractivity (Wildman–Crippen MR) is 41.0 cm³/mol. The molecule has 0 atom stereocenters. The van der Waals surface area contributed by atoms with Crippen molar-refractivity contribution in [2.75, 3.05) is 17.8 Å². The van der Waals surface area contributed by atoms with E-state index < -0.39 is 5.82 Å². The lowest BCUT2D eigenvalue weighted by Crippen LogP contribution is -2.10. The van der Waals surface area contributed by atoms with Crippen LogP contribution in [0.2, 0.25) is 0 Å². The molecular weight excluding hydrogens is 147 g/mol. The highest BCUT2D eigenvalue weighted by Gasteiger charge is 2.01. The molecule has 0 heterocycles. The first-order valence-corrected chi connectivity index (χ1v) is 3.09. The summed E-state index contributed by atoms with van der Waals surface area (Å²) in [6.07, 6.45) is 0. The van der Waals surface area contributed by atoms with Crippen molar-refractivity contribution in [1.29, 1.82) is 0 Å². The Balaban J connectivity index is 3.05. The van der Waals surface area contributed by atoms with Gasteiger partial charge < -0.3 is 5.73 Å². The van der Waals surface area contributed by atoms with Crippen LogP contribution in [0.1, 0.15) is 0 Å². The van der Waals surface area contributed by atoms with Crippen LogP contribution in [0.25, 0.3) is 0 Å². The summed E-state index contributed by atoms with van der Waals surface area (Å²) >= 11 is 0. The molecule has 0 saturated carbocycles. The average molecular weight is 156 g/mol. The first-order chi connectivity index (χ1) is 5.11. The highest BCUT2D eigenvalue weighted by Crippen LogP contribution is 2.17. The van der Waals surface area contributed by atoms with E-state index >= 15 is 0 Å². The highest BCUT2D eigenvalue weighted by molar-refractivity contribution is 5.52. The molecule has 0 aliphatic carbocycles. The number of anilines is 2. The fraction of sp³-hybridized carbons (Fsp3) is 0.143. The number of hydroxylamine groups is 1. The van der Waals surface area contributed by atoms with E-state index in [0.717, 1.165) is 11.1 Å². The number of hydrogen-bond donors (Lipinski definition) is 2. The van der Waals surface area contributed by atoms with Crippen LogP contribution in [0.15, 0.2) is 18.2 Å². The third-order valence-corrected chi connectivity index (χ3v) is 1.36. The van der Waals surface area contributed by atoms with Crippen molar-refractivity contribution in [1.82, 2.24) is 0 Å². The Labute approximate surface area is 63.8 Å². The minimum atomic E-state index is -0.525. The molecule has 0 radical (unpaired) electrons. The Hall–Kier alpha value is -1.29. The maximum Gasteiger partial charge on any atom is 0.148 e. The number of benzene rings is 1. The van der Waals surface area contributed by atoms with Crippen molar-refractivity contribution in [2.45, 2.75) is 0 Å². The number of nitrogens with two attached hydrogens (primary N) is 1. The Kier molecular flexibility index (Phi) is 1.96. The van der Waals surface area contributed by atoms with Crippen LogP contribution in [-0.2, 0) is 0 Å². The minimum Gasteiger partial charge on any atom is -0.396 e. The van der Waals surface area contributed by atoms with Gasteiger partial charge in [-0.1, -0.05) is 0 Å². The van der Waals surface area contributed by atoms with Gasteiger partial charge in [-0.3, -0.25) is 10.3 Å². The lowest BCUT2D eigenvalue weighted by atomic mass is 10.3. The first kappa shape index (κ1) is 7.81. The van der Waals surface area contributed by atoms with E-state index in [1.165, 1.54) is 19.2 Å². The predicted octanol–water partition coefficient (Wildman–Crippen LogP) is 1.23. The summed E-state index contributed by atoms with van der Waals surface area (Å²) in [5, 5.41) is 9.69. The van der Waals surface area contributed by atoms with Crippen molar-refractivity contribution >= 4 is 11.4 Å². The molecule has 3 nitrogen and oxygen atoms in total. The van der Waals surface area contributed by atoms with Gasteiger partial charge in [0.15, 0.2) is 0 Å². The molecule has 1 aromatic carbocycles. The molecule has 0 bridgehead atoms.